The summed E-state index contributed by atoms with van der Waals surface area (Å²) in [6.07, 6.45) is 2.91. The van der Waals surface area contributed by atoms with Crippen molar-refractivity contribution >= 4 is 34.0 Å². The molecule has 6 nitrogen and oxygen atoms in total. The first-order valence-corrected chi connectivity index (χ1v) is 8.54. The fourth-order valence-electron chi connectivity index (χ4n) is 3.23. The van der Waals surface area contributed by atoms with Gasteiger partial charge in [-0.05, 0) is 30.6 Å². The predicted octanol–water partition coefficient (Wildman–Crippen LogP) is 3.20. The summed E-state index contributed by atoms with van der Waals surface area (Å²) >= 11 is 1.54. The van der Waals surface area contributed by atoms with Gasteiger partial charge < -0.3 is 10.4 Å². The van der Waals surface area contributed by atoms with E-state index in [4.69, 9.17) is 0 Å². The van der Waals surface area contributed by atoms with E-state index >= 15 is 0 Å². The Kier molecular flexibility index (Phi) is 3.71. The molecule has 0 bridgehead atoms. The van der Waals surface area contributed by atoms with Crippen molar-refractivity contribution in [3.63, 3.8) is 0 Å². The van der Waals surface area contributed by atoms with Crippen LogP contribution in [-0.4, -0.2) is 26.4 Å². The summed E-state index contributed by atoms with van der Waals surface area (Å²) in [5.74, 6) is -0.535. The molecule has 0 aromatic carbocycles. The smallest absolute Gasteiger partial charge is 0.358 e. The molecule has 2 aromatic rings. The lowest BCUT2D eigenvalue weighted by Crippen LogP contribution is -2.26. The van der Waals surface area contributed by atoms with Gasteiger partial charge >= 0.3 is 5.97 Å². The molecule has 0 aliphatic heterocycles. The average Bonchev–Trinajstić information content (AvgIpc) is 2.93. The molecule has 1 atom stereocenters. The third-order valence-corrected chi connectivity index (χ3v) is 5.64. The molecule has 3 rings (SSSR count). The van der Waals surface area contributed by atoms with E-state index in [1.807, 2.05) is 4.40 Å². The number of carbonyl (C=O) groups excluding carboxylic acids is 1. The minimum absolute atomic E-state index is 0.0906. The molecular formula is C16H21N3O3S. The zero-order valence-corrected chi connectivity index (χ0v) is 14.6. The van der Waals surface area contributed by atoms with Crippen LogP contribution in [0.3, 0.4) is 0 Å². The second-order valence-corrected chi connectivity index (χ2v) is 8.25. The number of carbonyl (C=O) groups is 2. The normalized spacial score (nSPS) is 18.0. The van der Waals surface area contributed by atoms with E-state index < -0.39 is 5.97 Å². The largest absolute Gasteiger partial charge is 0.476 e. The molecule has 1 aliphatic carbocycles. The average molecular weight is 335 g/mol. The summed E-state index contributed by atoms with van der Waals surface area (Å²) < 4.78 is 1.82. The molecule has 1 aliphatic rings. The van der Waals surface area contributed by atoms with Crippen LogP contribution >= 0.6 is 11.3 Å². The number of aromatic nitrogens is 2. The Bertz CT molecular complexity index is 798. The van der Waals surface area contributed by atoms with Gasteiger partial charge in [0.15, 0.2) is 16.5 Å². The number of aryl methyl sites for hydroxylation is 1. The highest BCUT2D eigenvalue weighted by atomic mass is 32.1. The summed E-state index contributed by atoms with van der Waals surface area (Å²) in [7, 11) is 0. The highest BCUT2D eigenvalue weighted by molar-refractivity contribution is 7.17. The summed E-state index contributed by atoms with van der Waals surface area (Å²) in [5.41, 5.74) is 1.25. The van der Waals surface area contributed by atoms with Gasteiger partial charge in [-0.15, -0.1) is 11.3 Å². The quantitative estimate of drug-likeness (QED) is 0.883. The molecule has 2 aromatic heterocycles. The maximum Gasteiger partial charge on any atom is 0.358 e. The lowest BCUT2D eigenvalue weighted by Gasteiger charge is -2.33. The summed E-state index contributed by atoms with van der Waals surface area (Å²) in [5, 5.41) is 12.0. The van der Waals surface area contributed by atoms with Gasteiger partial charge in [-0.2, -0.15) is 0 Å². The number of thiazole rings is 1. The number of anilines is 1. The van der Waals surface area contributed by atoms with Crippen molar-refractivity contribution in [3.05, 3.63) is 16.3 Å². The zero-order valence-electron chi connectivity index (χ0n) is 13.8. The van der Waals surface area contributed by atoms with Gasteiger partial charge in [0, 0.05) is 17.5 Å². The molecule has 0 radical (unpaired) electrons. The number of carboxylic acid groups (broad SMARTS) is 1. The van der Waals surface area contributed by atoms with Crippen molar-refractivity contribution in [1.82, 2.24) is 9.38 Å². The van der Waals surface area contributed by atoms with Crippen LogP contribution < -0.4 is 5.32 Å². The van der Waals surface area contributed by atoms with Crippen LogP contribution in [-0.2, 0) is 17.6 Å². The van der Waals surface area contributed by atoms with Crippen LogP contribution in [0.15, 0.2) is 0 Å². The second-order valence-electron chi connectivity index (χ2n) is 7.19. The number of amides is 1. The molecule has 2 heterocycles. The SMILES string of the molecule is CC(=O)Nc1c(C(=O)O)nc2sc3c(n12)CCC(C(C)(C)C)C3. The Morgan fingerprint density at radius 2 is 2.09 bits per heavy atom. The molecule has 124 valence electrons. The third kappa shape index (κ3) is 2.73. The molecule has 1 amide bonds. The summed E-state index contributed by atoms with van der Waals surface area (Å²) in [6.45, 7) is 8.14. The minimum Gasteiger partial charge on any atom is -0.476 e. The van der Waals surface area contributed by atoms with Gasteiger partial charge in [0.05, 0.1) is 0 Å². The van der Waals surface area contributed by atoms with Crippen LogP contribution in [0.1, 0.15) is 55.2 Å². The van der Waals surface area contributed by atoms with E-state index in [9.17, 15) is 14.7 Å². The Balaban J connectivity index is 2.11. The maximum absolute atomic E-state index is 11.5. The van der Waals surface area contributed by atoms with Crippen LogP contribution in [0.2, 0.25) is 0 Å². The van der Waals surface area contributed by atoms with E-state index in [0.29, 0.717) is 10.9 Å². The highest BCUT2D eigenvalue weighted by Gasteiger charge is 2.33. The Hall–Kier alpha value is -1.89. The van der Waals surface area contributed by atoms with Crippen LogP contribution in [0.25, 0.3) is 4.96 Å². The number of aromatic carboxylic acids is 1. The first-order valence-electron chi connectivity index (χ1n) is 7.72. The Morgan fingerprint density at radius 3 is 2.65 bits per heavy atom. The first-order chi connectivity index (χ1) is 10.7. The number of nitrogens with one attached hydrogen (secondary N) is 1. The number of carboxylic acids is 1. The molecule has 2 N–H and O–H groups in total. The Labute approximate surface area is 138 Å². The fourth-order valence-corrected chi connectivity index (χ4v) is 4.48. The number of rotatable bonds is 2. The van der Waals surface area contributed by atoms with Crippen molar-refractivity contribution in [2.75, 3.05) is 5.32 Å². The van der Waals surface area contributed by atoms with Crippen molar-refractivity contribution < 1.29 is 14.7 Å². The molecule has 0 saturated carbocycles. The monoisotopic (exact) mass is 335 g/mol. The van der Waals surface area contributed by atoms with Crippen molar-refractivity contribution in [3.8, 4) is 0 Å². The van der Waals surface area contributed by atoms with Crippen molar-refractivity contribution in [2.45, 2.75) is 47.0 Å². The fraction of sp³-hybridized carbons (Fsp3) is 0.562. The lowest BCUT2D eigenvalue weighted by atomic mass is 9.73. The lowest BCUT2D eigenvalue weighted by molar-refractivity contribution is -0.114. The molecule has 7 heteroatoms. The molecule has 0 saturated heterocycles. The van der Waals surface area contributed by atoms with E-state index in [1.54, 1.807) is 0 Å². The maximum atomic E-state index is 11.5. The molecular weight excluding hydrogens is 314 g/mol. The summed E-state index contributed by atoms with van der Waals surface area (Å²) in [6, 6.07) is 0. The van der Waals surface area contributed by atoms with Crippen LogP contribution in [0.4, 0.5) is 5.82 Å². The van der Waals surface area contributed by atoms with Crippen LogP contribution in [0, 0.1) is 11.3 Å². The minimum atomic E-state index is -1.12. The first kappa shape index (κ1) is 16.0. The predicted molar refractivity (Wildman–Crippen MR) is 89.3 cm³/mol. The number of fused-ring (bicyclic) bond motifs is 3. The molecule has 0 fully saturated rings. The van der Waals surface area contributed by atoms with Crippen molar-refractivity contribution in [1.29, 1.82) is 0 Å². The van der Waals surface area contributed by atoms with Gasteiger partial charge in [0.2, 0.25) is 5.91 Å². The van der Waals surface area contributed by atoms with Gasteiger partial charge in [-0.3, -0.25) is 9.20 Å². The molecule has 0 spiro atoms. The van der Waals surface area contributed by atoms with E-state index in [-0.39, 0.29) is 22.8 Å². The Morgan fingerprint density at radius 1 is 1.39 bits per heavy atom. The zero-order chi connectivity index (χ0) is 16.9. The van der Waals surface area contributed by atoms with Gasteiger partial charge in [-0.1, -0.05) is 20.8 Å². The number of hydrogen-bond acceptors (Lipinski definition) is 4. The van der Waals surface area contributed by atoms with Crippen LogP contribution in [0.5, 0.6) is 0 Å². The standard InChI is InChI=1S/C16H21N3O3S/c1-8(20)17-13-12(14(21)22)18-15-19(13)10-6-5-9(16(2,3)4)7-11(10)23-15/h9H,5-7H2,1-4H3,(H,17,20)(H,21,22). The van der Waals surface area contributed by atoms with Gasteiger partial charge in [0.25, 0.3) is 0 Å². The molecule has 23 heavy (non-hydrogen) atoms. The van der Waals surface area contributed by atoms with Gasteiger partial charge in [0.1, 0.15) is 0 Å². The second kappa shape index (κ2) is 5.33. The topological polar surface area (TPSA) is 83.7 Å². The number of hydrogen-bond donors (Lipinski definition) is 2. The molecule has 1 unspecified atom stereocenters. The van der Waals surface area contributed by atoms with E-state index in [0.717, 1.165) is 25.0 Å². The third-order valence-electron chi connectivity index (χ3n) is 4.54. The number of nitrogens with zero attached hydrogens (tertiary/aromatic N) is 2. The summed E-state index contributed by atoms with van der Waals surface area (Å²) in [4.78, 5) is 29.0. The highest BCUT2D eigenvalue weighted by Crippen LogP contribution is 2.41. The van der Waals surface area contributed by atoms with E-state index in [2.05, 4.69) is 31.1 Å². The van der Waals surface area contributed by atoms with Crippen molar-refractivity contribution in [2.24, 2.45) is 11.3 Å². The number of imidazole rings is 1. The van der Waals surface area contributed by atoms with E-state index in [1.165, 1.54) is 23.1 Å². The van der Waals surface area contributed by atoms with Gasteiger partial charge in [-0.25, -0.2) is 9.78 Å².